The van der Waals surface area contributed by atoms with E-state index in [1.807, 2.05) is 11.8 Å². The number of nitrogens with one attached hydrogen (secondary N) is 2. The smallest absolute Gasteiger partial charge is 0.230 e. The molecular formula is C15H28N2OS. The number of carbonyl (C=O) groups excluding carboxylic acids is 1. The van der Waals surface area contributed by atoms with Crippen LogP contribution in [-0.2, 0) is 4.79 Å². The van der Waals surface area contributed by atoms with Crippen LogP contribution in [0.25, 0.3) is 0 Å². The molecule has 1 aliphatic carbocycles. The van der Waals surface area contributed by atoms with Crippen LogP contribution in [0, 0.1) is 16.7 Å². The number of hydrogen-bond donors (Lipinski definition) is 2. The van der Waals surface area contributed by atoms with E-state index >= 15 is 0 Å². The standard InChI is InChI=1S/C15H28N2OS/c1-14(2)12(15(14,3)4)9-17-13(18)10-19-11-5-7-16-8-6-11/h11-12,16H,5-10H2,1-4H3,(H,17,18). The van der Waals surface area contributed by atoms with Crippen LogP contribution >= 0.6 is 11.8 Å². The summed E-state index contributed by atoms with van der Waals surface area (Å²) in [6.07, 6.45) is 2.39. The maximum Gasteiger partial charge on any atom is 0.230 e. The Balaban J connectivity index is 1.63. The summed E-state index contributed by atoms with van der Waals surface area (Å²) in [5.41, 5.74) is 0.727. The molecule has 0 aromatic carbocycles. The van der Waals surface area contributed by atoms with Gasteiger partial charge in [-0.3, -0.25) is 4.79 Å². The Morgan fingerprint density at radius 3 is 2.32 bits per heavy atom. The highest BCUT2D eigenvalue weighted by Crippen LogP contribution is 2.67. The van der Waals surface area contributed by atoms with Gasteiger partial charge in [-0.25, -0.2) is 0 Å². The van der Waals surface area contributed by atoms with Gasteiger partial charge in [0.15, 0.2) is 0 Å². The average molecular weight is 284 g/mol. The van der Waals surface area contributed by atoms with Crippen LogP contribution in [0.2, 0.25) is 0 Å². The highest BCUT2D eigenvalue weighted by Gasteiger charge is 2.64. The molecule has 4 heteroatoms. The van der Waals surface area contributed by atoms with Gasteiger partial charge in [-0.15, -0.1) is 11.8 Å². The molecule has 0 radical (unpaired) electrons. The Bertz CT molecular complexity index is 321. The zero-order valence-corrected chi connectivity index (χ0v) is 13.5. The lowest BCUT2D eigenvalue weighted by molar-refractivity contribution is -0.118. The van der Waals surface area contributed by atoms with E-state index in [1.54, 1.807) is 0 Å². The molecule has 19 heavy (non-hydrogen) atoms. The van der Waals surface area contributed by atoms with Gasteiger partial charge >= 0.3 is 0 Å². The molecule has 1 saturated carbocycles. The molecule has 2 N–H and O–H groups in total. The summed E-state index contributed by atoms with van der Waals surface area (Å²) in [7, 11) is 0. The molecule has 2 fully saturated rings. The monoisotopic (exact) mass is 284 g/mol. The van der Waals surface area contributed by atoms with Crippen molar-refractivity contribution in [1.82, 2.24) is 10.6 Å². The van der Waals surface area contributed by atoms with Crippen molar-refractivity contribution in [3.05, 3.63) is 0 Å². The number of piperidine rings is 1. The third-order valence-corrected chi connectivity index (χ3v) is 6.93. The van der Waals surface area contributed by atoms with E-state index in [2.05, 4.69) is 38.3 Å². The first-order valence-electron chi connectivity index (χ1n) is 7.44. The molecule has 0 bridgehead atoms. The SMILES string of the molecule is CC1(C)C(CNC(=O)CSC2CCNCC2)C1(C)C. The number of rotatable bonds is 5. The molecule has 2 aliphatic rings. The quantitative estimate of drug-likeness (QED) is 0.814. The summed E-state index contributed by atoms with van der Waals surface area (Å²) in [6, 6.07) is 0. The maximum absolute atomic E-state index is 11.9. The molecule has 0 aromatic heterocycles. The second-order valence-corrected chi connectivity index (χ2v) is 8.35. The lowest BCUT2D eigenvalue weighted by Gasteiger charge is -2.21. The summed E-state index contributed by atoms with van der Waals surface area (Å²) in [5.74, 6) is 1.45. The van der Waals surface area contributed by atoms with Gasteiger partial charge in [0, 0.05) is 11.8 Å². The van der Waals surface area contributed by atoms with Gasteiger partial charge in [0.25, 0.3) is 0 Å². The molecule has 1 saturated heterocycles. The second-order valence-electron chi connectivity index (χ2n) is 7.06. The van der Waals surface area contributed by atoms with E-state index in [9.17, 15) is 4.79 Å². The van der Waals surface area contributed by atoms with E-state index in [0.29, 0.717) is 27.8 Å². The lowest BCUT2D eigenvalue weighted by atomic mass is 10.0. The van der Waals surface area contributed by atoms with Crippen molar-refractivity contribution in [1.29, 1.82) is 0 Å². The van der Waals surface area contributed by atoms with Crippen LogP contribution in [0.5, 0.6) is 0 Å². The second kappa shape index (κ2) is 5.65. The summed E-state index contributed by atoms with van der Waals surface area (Å²) < 4.78 is 0. The number of thioether (sulfide) groups is 1. The molecule has 1 aliphatic heterocycles. The van der Waals surface area contributed by atoms with Crippen LogP contribution in [0.1, 0.15) is 40.5 Å². The topological polar surface area (TPSA) is 41.1 Å². The van der Waals surface area contributed by atoms with Gasteiger partial charge in [-0.2, -0.15) is 0 Å². The minimum atomic E-state index is 0.210. The first kappa shape index (κ1) is 15.2. The number of carbonyl (C=O) groups is 1. The van der Waals surface area contributed by atoms with E-state index < -0.39 is 0 Å². The first-order valence-corrected chi connectivity index (χ1v) is 8.49. The largest absolute Gasteiger partial charge is 0.355 e. The predicted molar refractivity (Wildman–Crippen MR) is 82.4 cm³/mol. The molecule has 110 valence electrons. The van der Waals surface area contributed by atoms with Crippen LogP contribution in [0.15, 0.2) is 0 Å². The fraction of sp³-hybridized carbons (Fsp3) is 0.933. The Labute approximate surface area is 121 Å². The fourth-order valence-electron chi connectivity index (χ4n) is 3.27. The highest BCUT2D eigenvalue weighted by molar-refractivity contribution is 8.00. The van der Waals surface area contributed by atoms with Crippen molar-refractivity contribution in [3.63, 3.8) is 0 Å². The Hall–Kier alpha value is -0.220. The van der Waals surface area contributed by atoms with Gasteiger partial charge in [0.2, 0.25) is 5.91 Å². The predicted octanol–water partition coefficient (Wildman–Crippen LogP) is 2.27. The summed E-state index contributed by atoms with van der Waals surface area (Å²) in [5, 5.41) is 7.14. The summed E-state index contributed by atoms with van der Waals surface area (Å²) in [4.78, 5) is 11.9. The van der Waals surface area contributed by atoms with E-state index in [4.69, 9.17) is 0 Å². The van der Waals surface area contributed by atoms with Crippen molar-refractivity contribution < 1.29 is 4.79 Å². The van der Waals surface area contributed by atoms with Crippen LogP contribution in [0.4, 0.5) is 0 Å². The third kappa shape index (κ3) is 3.27. The zero-order chi connectivity index (χ0) is 14.1. The normalized spacial score (nSPS) is 26.1. The molecular weight excluding hydrogens is 256 g/mol. The van der Waals surface area contributed by atoms with Crippen LogP contribution in [0.3, 0.4) is 0 Å². The number of hydrogen-bond acceptors (Lipinski definition) is 3. The summed E-state index contributed by atoms with van der Waals surface area (Å²) in [6.45, 7) is 12.2. The van der Waals surface area contributed by atoms with Crippen molar-refractivity contribution in [2.75, 3.05) is 25.4 Å². The van der Waals surface area contributed by atoms with Gasteiger partial charge in [-0.05, 0) is 42.7 Å². The Morgan fingerprint density at radius 2 is 1.79 bits per heavy atom. The molecule has 3 nitrogen and oxygen atoms in total. The van der Waals surface area contributed by atoms with Crippen molar-refractivity contribution in [3.8, 4) is 0 Å². The Kier molecular flexibility index (Phi) is 4.51. The summed E-state index contributed by atoms with van der Waals surface area (Å²) >= 11 is 1.83. The lowest BCUT2D eigenvalue weighted by Crippen LogP contribution is -2.32. The van der Waals surface area contributed by atoms with Crippen molar-refractivity contribution in [2.24, 2.45) is 16.7 Å². The minimum Gasteiger partial charge on any atom is -0.355 e. The van der Waals surface area contributed by atoms with Gasteiger partial charge in [-0.1, -0.05) is 27.7 Å². The zero-order valence-electron chi connectivity index (χ0n) is 12.7. The molecule has 0 spiro atoms. The van der Waals surface area contributed by atoms with Crippen LogP contribution < -0.4 is 10.6 Å². The molecule has 1 heterocycles. The minimum absolute atomic E-state index is 0.210. The van der Waals surface area contributed by atoms with Crippen molar-refractivity contribution >= 4 is 17.7 Å². The average Bonchev–Trinajstić information content (AvgIpc) is 2.76. The highest BCUT2D eigenvalue weighted by atomic mass is 32.2. The van der Waals surface area contributed by atoms with Gasteiger partial charge in [0.05, 0.1) is 5.75 Å². The van der Waals surface area contributed by atoms with E-state index in [-0.39, 0.29) is 5.91 Å². The third-order valence-electron chi connectivity index (χ3n) is 5.56. The molecule has 0 atom stereocenters. The molecule has 0 unspecified atom stereocenters. The molecule has 0 aromatic rings. The molecule has 2 rings (SSSR count). The fourth-order valence-corrected chi connectivity index (χ4v) is 4.32. The van der Waals surface area contributed by atoms with Gasteiger partial charge in [0.1, 0.15) is 0 Å². The number of amides is 1. The van der Waals surface area contributed by atoms with Crippen LogP contribution in [-0.4, -0.2) is 36.5 Å². The first-order chi connectivity index (χ1) is 8.85. The van der Waals surface area contributed by atoms with Gasteiger partial charge < -0.3 is 10.6 Å². The Morgan fingerprint density at radius 1 is 1.21 bits per heavy atom. The van der Waals surface area contributed by atoms with E-state index in [0.717, 1.165) is 19.6 Å². The van der Waals surface area contributed by atoms with Crippen molar-refractivity contribution in [2.45, 2.75) is 45.8 Å². The molecule has 1 amide bonds. The van der Waals surface area contributed by atoms with E-state index in [1.165, 1.54) is 12.8 Å². The maximum atomic E-state index is 11.9.